The van der Waals surface area contributed by atoms with Crippen molar-refractivity contribution in [3.05, 3.63) is 58.4 Å². The summed E-state index contributed by atoms with van der Waals surface area (Å²) in [4.78, 5) is 43.0. The molecular formula is C22H21N3O3S. The van der Waals surface area contributed by atoms with Crippen molar-refractivity contribution in [1.29, 1.82) is 0 Å². The number of nitrogens with zero attached hydrogens (tertiary/aromatic N) is 3. The molecule has 0 aliphatic carbocycles. The third-order valence-corrected chi connectivity index (χ3v) is 5.93. The molecule has 0 saturated carbocycles. The highest BCUT2D eigenvalue weighted by Gasteiger charge is 2.30. The van der Waals surface area contributed by atoms with E-state index < -0.39 is 0 Å². The maximum atomic E-state index is 12.9. The Bertz CT molecular complexity index is 1190. The first-order valence-electron chi connectivity index (χ1n) is 9.63. The van der Waals surface area contributed by atoms with Crippen LogP contribution in [-0.2, 0) is 16.1 Å². The molecule has 4 rings (SSSR count). The molecule has 0 spiro atoms. The second kappa shape index (κ2) is 7.75. The average Bonchev–Trinajstić information content (AvgIpc) is 3.21. The molecule has 1 aliphatic rings. The van der Waals surface area contributed by atoms with E-state index >= 15 is 0 Å². The van der Waals surface area contributed by atoms with E-state index in [2.05, 4.69) is 34.7 Å². The second-order valence-electron chi connectivity index (χ2n) is 7.10. The lowest BCUT2D eigenvalue weighted by Gasteiger charge is -2.14. The van der Waals surface area contributed by atoms with E-state index in [1.807, 2.05) is 6.92 Å². The number of aromatic nitrogens is 1. The number of carbonyl (C=O) groups is 3. The van der Waals surface area contributed by atoms with Crippen LogP contribution in [0.15, 0.2) is 47.5 Å². The highest BCUT2D eigenvalue weighted by atomic mass is 32.1. The third-order valence-electron chi connectivity index (χ3n) is 4.89. The van der Waals surface area contributed by atoms with Crippen molar-refractivity contribution in [2.75, 3.05) is 4.90 Å². The van der Waals surface area contributed by atoms with Crippen LogP contribution in [0.4, 0.5) is 5.69 Å². The molecule has 3 amide bonds. The van der Waals surface area contributed by atoms with Gasteiger partial charge in [0.25, 0.3) is 5.91 Å². The molecule has 1 aliphatic heterocycles. The Morgan fingerprint density at radius 3 is 2.59 bits per heavy atom. The minimum absolute atomic E-state index is 0.208. The van der Waals surface area contributed by atoms with Crippen LogP contribution in [0.1, 0.15) is 42.1 Å². The van der Waals surface area contributed by atoms with E-state index in [0.717, 1.165) is 33.6 Å². The number of amides is 3. The van der Waals surface area contributed by atoms with E-state index in [-0.39, 0.29) is 30.6 Å². The summed E-state index contributed by atoms with van der Waals surface area (Å²) >= 11 is 1.49. The molecule has 0 atom stereocenters. The van der Waals surface area contributed by atoms with Crippen LogP contribution in [0.5, 0.6) is 0 Å². The van der Waals surface area contributed by atoms with E-state index in [4.69, 9.17) is 0 Å². The van der Waals surface area contributed by atoms with Crippen molar-refractivity contribution in [2.45, 2.75) is 39.7 Å². The lowest BCUT2D eigenvalue weighted by atomic mass is 10.2. The number of benzene rings is 2. The number of anilines is 1. The molecular weight excluding hydrogens is 386 g/mol. The largest absolute Gasteiger partial charge is 0.316 e. The van der Waals surface area contributed by atoms with Gasteiger partial charge in [-0.1, -0.05) is 30.4 Å². The predicted molar refractivity (Wildman–Crippen MR) is 113 cm³/mol. The molecule has 148 valence electrons. The fraction of sp³-hybridized carbons (Fsp3) is 0.273. The summed E-state index contributed by atoms with van der Waals surface area (Å²) in [6.45, 7) is 4.90. The molecule has 1 saturated heterocycles. The van der Waals surface area contributed by atoms with Crippen molar-refractivity contribution < 1.29 is 14.4 Å². The fourth-order valence-electron chi connectivity index (χ4n) is 3.50. The SMILES string of the molecule is CCCn1c(=NC(=O)c2cccc(N3C(=O)CCC3=O)c2)sc2cc(C)ccc21. The van der Waals surface area contributed by atoms with Gasteiger partial charge in [0.15, 0.2) is 4.80 Å². The van der Waals surface area contributed by atoms with Gasteiger partial charge in [-0.05, 0) is 49.2 Å². The van der Waals surface area contributed by atoms with Crippen molar-refractivity contribution in [3.63, 3.8) is 0 Å². The summed E-state index contributed by atoms with van der Waals surface area (Å²) in [5, 5.41) is 0. The minimum Gasteiger partial charge on any atom is -0.316 e. The Hall–Kier alpha value is -3.06. The van der Waals surface area contributed by atoms with Crippen LogP contribution in [0.25, 0.3) is 10.2 Å². The second-order valence-corrected chi connectivity index (χ2v) is 8.11. The van der Waals surface area contributed by atoms with Crippen LogP contribution in [0.2, 0.25) is 0 Å². The Labute approximate surface area is 172 Å². The van der Waals surface area contributed by atoms with Gasteiger partial charge in [-0.2, -0.15) is 4.99 Å². The monoisotopic (exact) mass is 407 g/mol. The van der Waals surface area contributed by atoms with Gasteiger partial charge in [-0.15, -0.1) is 0 Å². The van der Waals surface area contributed by atoms with Crippen molar-refractivity contribution in [1.82, 2.24) is 4.57 Å². The topological polar surface area (TPSA) is 71.7 Å². The van der Waals surface area contributed by atoms with E-state index in [0.29, 0.717) is 16.1 Å². The maximum absolute atomic E-state index is 12.9. The third kappa shape index (κ3) is 3.65. The number of hydrogen-bond acceptors (Lipinski definition) is 4. The maximum Gasteiger partial charge on any atom is 0.279 e. The number of thiazole rings is 1. The quantitative estimate of drug-likeness (QED) is 0.618. The number of aryl methyl sites for hydroxylation is 2. The van der Waals surface area contributed by atoms with E-state index in [9.17, 15) is 14.4 Å². The van der Waals surface area contributed by atoms with Crippen LogP contribution in [0, 0.1) is 6.92 Å². The number of carbonyl (C=O) groups excluding carboxylic acids is 3. The summed E-state index contributed by atoms with van der Waals surface area (Å²) in [6, 6.07) is 12.8. The van der Waals surface area contributed by atoms with Gasteiger partial charge in [-0.3, -0.25) is 19.3 Å². The molecule has 0 bridgehead atoms. The number of rotatable bonds is 4. The summed E-state index contributed by atoms with van der Waals surface area (Å²) in [5.74, 6) is -0.867. The van der Waals surface area contributed by atoms with Crippen molar-refractivity contribution in [3.8, 4) is 0 Å². The van der Waals surface area contributed by atoms with Crippen molar-refractivity contribution >= 4 is 45.0 Å². The highest BCUT2D eigenvalue weighted by molar-refractivity contribution is 7.16. The molecule has 1 fully saturated rings. The Kier molecular flexibility index (Phi) is 5.15. The Morgan fingerprint density at radius 1 is 1.10 bits per heavy atom. The molecule has 6 nitrogen and oxygen atoms in total. The zero-order chi connectivity index (χ0) is 20.5. The molecule has 3 aromatic rings. The minimum atomic E-state index is -0.390. The molecule has 0 N–H and O–H groups in total. The molecule has 2 heterocycles. The number of fused-ring (bicyclic) bond motifs is 1. The van der Waals surface area contributed by atoms with E-state index in [1.54, 1.807) is 24.3 Å². The van der Waals surface area contributed by atoms with Gasteiger partial charge < -0.3 is 4.57 Å². The zero-order valence-corrected chi connectivity index (χ0v) is 17.2. The highest BCUT2D eigenvalue weighted by Crippen LogP contribution is 2.24. The van der Waals surface area contributed by atoms with Crippen LogP contribution < -0.4 is 9.70 Å². The van der Waals surface area contributed by atoms with Crippen molar-refractivity contribution in [2.24, 2.45) is 4.99 Å². The van der Waals surface area contributed by atoms with Gasteiger partial charge in [0.05, 0.1) is 15.9 Å². The van der Waals surface area contributed by atoms with Gasteiger partial charge in [0.2, 0.25) is 11.8 Å². The molecule has 2 aromatic carbocycles. The first-order valence-corrected chi connectivity index (χ1v) is 10.4. The normalized spacial score (nSPS) is 15.0. The van der Waals surface area contributed by atoms with Crippen LogP contribution in [-0.4, -0.2) is 22.3 Å². The van der Waals surface area contributed by atoms with Gasteiger partial charge in [0, 0.05) is 24.9 Å². The summed E-state index contributed by atoms with van der Waals surface area (Å²) in [5.41, 5.74) is 3.00. The Morgan fingerprint density at radius 2 is 1.86 bits per heavy atom. The molecule has 0 unspecified atom stereocenters. The van der Waals surface area contributed by atoms with E-state index in [1.165, 1.54) is 11.3 Å². The molecule has 0 radical (unpaired) electrons. The summed E-state index contributed by atoms with van der Waals surface area (Å²) < 4.78 is 3.15. The number of imide groups is 1. The van der Waals surface area contributed by atoms with Gasteiger partial charge in [-0.25, -0.2) is 0 Å². The molecule has 29 heavy (non-hydrogen) atoms. The molecule has 1 aromatic heterocycles. The van der Waals surface area contributed by atoms with Crippen LogP contribution in [0.3, 0.4) is 0 Å². The predicted octanol–water partition coefficient (Wildman–Crippen LogP) is 3.82. The fourth-order valence-corrected chi connectivity index (χ4v) is 4.65. The first kappa shape index (κ1) is 19.3. The lowest BCUT2D eigenvalue weighted by molar-refractivity contribution is -0.121. The zero-order valence-electron chi connectivity index (χ0n) is 16.3. The average molecular weight is 407 g/mol. The molecule has 7 heteroatoms. The van der Waals surface area contributed by atoms with Crippen LogP contribution >= 0.6 is 11.3 Å². The summed E-state index contributed by atoms with van der Waals surface area (Å²) in [6.07, 6.45) is 1.34. The smallest absolute Gasteiger partial charge is 0.279 e. The summed E-state index contributed by atoms with van der Waals surface area (Å²) in [7, 11) is 0. The van der Waals surface area contributed by atoms with Gasteiger partial charge in [0.1, 0.15) is 0 Å². The standard InChI is InChI=1S/C22H21N3O3S/c1-3-11-24-17-8-7-14(2)12-18(17)29-22(24)23-21(28)15-5-4-6-16(13-15)25-19(26)9-10-20(25)27/h4-8,12-13H,3,9-11H2,1-2H3. The lowest BCUT2D eigenvalue weighted by Crippen LogP contribution is -2.28. The first-order chi connectivity index (χ1) is 14.0. The number of hydrogen-bond donors (Lipinski definition) is 0. The Balaban J connectivity index is 1.75. The van der Waals surface area contributed by atoms with Gasteiger partial charge >= 0.3 is 0 Å².